The third-order valence-corrected chi connectivity index (χ3v) is 5.77. The van der Waals surface area contributed by atoms with E-state index in [1.807, 2.05) is 6.07 Å². The lowest BCUT2D eigenvalue weighted by molar-refractivity contribution is 0.151. The molecule has 1 aromatic heterocycles. The maximum absolute atomic E-state index is 6.22. The average Bonchev–Trinajstić information content (AvgIpc) is 3.17. The lowest BCUT2D eigenvalue weighted by atomic mass is 10.1. The minimum Gasteiger partial charge on any atom is -0.488 e. The SMILES string of the molecule is c1ccc2c(c1)[nH]c1cccc(OCc3ccc(CNN4CCCCC4)cc3)c12. The number of para-hydroxylation sites is 1. The predicted molar refractivity (Wildman–Crippen MR) is 119 cm³/mol. The van der Waals surface area contributed by atoms with Crippen LogP contribution in [0.5, 0.6) is 5.75 Å². The number of H-pyrrole nitrogens is 1. The summed E-state index contributed by atoms with van der Waals surface area (Å²) in [5.74, 6) is 0.927. The Morgan fingerprint density at radius 2 is 1.55 bits per heavy atom. The number of benzene rings is 3. The van der Waals surface area contributed by atoms with Crippen molar-refractivity contribution in [1.82, 2.24) is 15.4 Å². The number of ether oxygens (including phenoxy) is 1. The van der Waals surface area contributed by atoms with Crippen molar-refractivity contribution >= 4 is 21.8 Å². The molecule has 148 valence electrons. The lowest BCUT2D eigenvalue weighted by Gasteiger charge is -2.27. The monoisotopic (exact) mass is 385 g/mol. The number of piperidine rings is 1. The number of nitrogens with zero attached hydrogens (tertiary/aromatic N) is 1. The summed E-state index contributed by atoms with van der Waals surface area (Å²) >= 11 is 0. The van der Waals surface area contributed by atoms with Gasteiger partial charge in [0.2, 0.25) is 0 Å². The highest BCUT2D eigenvalue weighted by atomic mass is 16.5. The number of hydrogen-bond acceptors (Lipinski definition) is 3. The molecule has 5 rings (SSSR count). The summed E-state index contributed by atoms with van der Waals surface area (Å²) in [7, 11) is 0. The van der Waals surface area contributed by atoms with Crippen LogP contribution in [0.4, 0.5) is 0 Å². The van der Waals surface area contributed by atoms with Crippen molar-refractivity contribution in [3.63, 3.8) is 0 Å². The number of rotatable bonds is 6. The first-order chi connectivity index (χ1) is 14.4. The third-order valence-electron chi connectivity index (χ3n) is 5.77. The first-order valence-corrected chi connectivity index (χ1v) is 10.6. The molecule has 2 heterocycles. The van der Waals surface area contributed by atoms with Crippen molar-refractivity contribution in [3.8, 4) is 5.75 Å². The van der Waals surface area contributed by atoms with E-state index in [-0.39, 0.29) is 0 Å². The molecular formula is C25H27N3O. The summed E-state index contributed by atoms with van der Waals surface area (Å²) in [6, 6.07) is 23.3. The molecule has 1 saturated heterocycles. The van der Waals surface area contributed by atoms with Crippen LogP contribution in [0.15, 0.2) is 66.7 Å². The number of hydrogen-bond donors (Lipinski definition) is 2. The largest absolute Gasteiger partial charge is 0.488 e. The molecule has 0 unspecified atom stereocenters. The summed E-state index contributed by atoms with van der Waals surface area (Å²) in [5, 5.41) is 4.71. The lowest BCUT2D eigenvalue weighted by Crippen LogP contribution is -2.41. The number of nitrogens with one attached hydrogen (secondary N) is 2. The molecule has 0 spiro atoms. The average molecular weight is 386 g/mol. The molecule has 0 saturated carbocycles. The Morgan fingerprint density at radius 3 is 2.41 bits per heavy atom. The molecule has 0 aliphatic carbocycles. The van der Waals surface area contributed by atoms with Crippen molar-refractivity contribution < 1.29 is 4.74 Å². The van der Waals surface area contributed by atoms with Gasteiger partial charge in [0.25, 0.3) is 0 Å². The van der Waals surface area contributed by atoms with Crippen LogP contribution in [0, 0.1) is 0 Å². The molecule has 0 radical (unpaired) electrons. The van der Waals surface area contributed by atoms with Gasteiger partial charge in [-0.25, -0.2) is 5.01 Å². The Labute approximate surface area is 171 Å². The number of fused-ring (bicyclic) bond motifs is 3. The zero-order valence-corrected chi connectivity index (χ0v) is 16.7. The predicted octanol–water partition coefficient (Wildman–Crippen LogP) is 5.39. The first-order valence-electron chi connectivity index (χ1n) is 10.6. The maximum atomic E-state index is 6.22. The van der Waals surface area contributed by atoms with Gasteiger partial charge >= 0.3 is 0 Å². The number of hydrazine groups is 1. The fraction of sp³-hybridized carbons (Fsp3) is 0.280. The van der Waals surface area contributed by atoms with Gasteiger partial charge in [0.1, 0.15) is 12.4 Å². The van der Waals surface area contributed by atoms with Gasteiger partial charge in [0, 0.05) is 35.9 Å². The van der Waals surface area contributed by atoms with Crippen LogP contribution in [-0.2, 0) is 13.2 Å². The fourth-order valence-electron chi connectivity index (χ4n) is 4.16. The molecule has 0 amide bonds. The van der Waals surface area contributed by atoms with E-state index in [4.69, 9.17) is 4.74 Å². The Bertz CT molecular complexity index is 1090. The third kappa shape index (κ3) is 4.00. The highest BCUT2D eigenvalue weighted by molar-refractivity contribution is 6.10. The van der Waals surface area contributed by atoms with E-state index in [1.165, 1.54) is 35.8 Å². The molecule has 3 aromatic carbocycles. The highest BCUT2D eigenvalue weighted by Crippen LogP contribution is 2.33. The molecule has 4 nitrogen and oxygen atoms in total. The van der Waals surface area contributed by atoms with Crippen LogP contribution >= 0.6 is 0 Å². The topological polar surface area (TPSA) is 40.3 Å². The highest BCUT2D eigenvalue weighted by Gasteiger charge is 2.10. The van der Waals surface area contributed by atoms with Crippen LogP contribution in [0.25, 0.3) is 21.8 Å². The zero-order valence-electron chi connectivity index (χ0n) is 16.7. The number of aromatic nitrogens is 1. The normalized spacial score (nSPS) is 15.2. The standard InChI is InChI=1S/C25H27N3O/c1-4-15-28(16-5-1)26-17-19-11-13-20(14-12-19)18-29-24-10-6-9-23-25(24)21-7-2-3-8-22(21)27-23/h2-3,6-14,26-27H,1,4-5,15-18H2. The summed E-state index contributed by atoms with van der Waals surface area (Å²) in [6.07, 6.45) is 3.96. The zero-order chi connectivity index (χ0) is 19.5. The molecule has 1 fully saturated rings. The van der Waals surface area contributed by atoms with Crippen molar-refractivity contribution in [2.75, 3.05) is 13.1 Å². The smallest absolute Gasteiger partial charge is 0.129 e. The Morgan fingerprint density at radius 1 is 0.793 bits per heavy atom. The Balaban J connectivity index is 1.25. The van der Waals surface area contributed by atoms with Crippen LogP contribution in [0.3, 0.4) is 0 Å². The van der Waals surface area contributed by atoms with E-state index >= 15 is 0 Å². The molecule has 1 aliphatic rings. The van der Waals surface area contributed by atoms with Crippen LogP contribution in [0.2, 0.25) is 0 Å². The van der Waals surface area contributed by atoms with Gasteiger partial charge in [-0.2, -0.15) is 0 Å². The maximum Gasteiger partial charge on any atom is 0.129 e. The molecule has 1 aliphatic heterocycles. The van der Waals surface area contributed by atoms with Gasteiger partial charge in [0.15, 0.2) is 0 Å². The molecule has 4 heteroatoms. The molecule has 0 atom stereocenters. The second kappa shape index (κ2) is 8.27. The molecule has 4 aromatic rings. The van der Waals surface area contributed by atoms with Crippen LogP contribution in [0.1, 0.15) is 30.4 Å². The molecule has 0 bridgehead atoms. The summed E-state index contributed by atoms with van der Waals surface area (Å²) < 4.78 is 6.22. The van der Waals surface area contributed by atoms with Crippen LogP contribution < -0.4 is 10.2 Å². The van der Waals surface area contributed by atoms with E-state index in [0.29, 0.717) is 6.61 Å². The minimum atomic E-state index is 0.568. The fourth-order valence-corrected chi connectivity index (χ4v) is 4.16. The van der Waals surface area contributed by atoms with Crippen molar-refractivity contribution in [1.29, 1.82) is 0 Å². The second-order valence-electron chi connectivity index (χ2n) is 7.84. The Kier molecular flexibility index (Phi) is 5.20. The van der Waals surface area contributed by atoms with Crippen molar-refractivity contribution in [2.45, 2.75) is 32.4 Å². The van der Waals surface area contributed by atoms with E-state index in [0.717, 1.165) is 41.8 Å². The van der Waals surface area contributed by atoms with Gasteiger partial charge in [-0.3, -0.25) is 5.43 Å². The van der Waals surface area contributed by atoms with Gasteiger partial charge in [-0.05, 0) is 42.2 Å². The molecule has 2 N–H and O–H groups in total. The van der Waals surface area contributed by atoms with Gasteiger partial charge in [-0.15, -0.1) is 0 Å². The van der Waals surface area contributed by atoms with Crippen LogP contribution in [-0.4, -0.2) is 23.1 Å². The number of aromatic amines is 1. The summed E-state index contributed by atoms with van der Waals surface area (Å²) in [6.45, 7) is 3.77. The molecular weight excluding hydrogens is 358 g/mol. The quantitative estimate of drug-likeness (QED) is 0.467. The van der Waals surface area contributed by atoms with Crippen molar-refractivity contribution in [2.24, 2.45) is 0 Å². The summed E-state index contributed by atoms with van der Waals surface area (Å²) in [4.78, 5) is 3.47. The van der Waals surface area contributed by atoms with Gasteiger partial charge < -0.3 is 9.72 Å². The van der Waals surface area contributed by atoms with E-state index < -0.39 is 0 Å². The van der Waals surface area contributed by atoms with E-state index in [1.54, 1.807) is 0 Å². The Hall–Kier alpha value is -2.82. The van der Waals surface area contributed by atoms with Crippen molar-refractivity contribution in [3.05, 3.63) is 77.9 Å². The van der Waals surface area contributed by atoms with E-state index in [2.05, 4.69) is 76.1 Å². The second-order valence-corrected chi connectivity index (χ2v) is 7.84. The van der Waals surface area contributed by atoms with Gasteiger partial charge in [0.05, 0.1) is 5.52 Å². The summed E-state index contributed by atoms with van der Waals surface area (Å²) in [5.41, 5.74) is 8.29. The molecule has 29 heavy (non-hydrogen) atoms. The van der Waals surface area contributed by atoms with Gasteiger partial charge in [-0.1, -0.05) is 55.0 Å². The minimum absolute atomic E-state index is 0.568. The first kappa shape index (κ1) is 18.2. The van der Waals surface area contributed by atoms with E-state index in [9.17, 15) is 0 Å².